The van der Waals surface area contributed by atoms with Gasteiger partial charge in [0.2, 0.25) is 0 Å². The summed E-state index contributed by atoms with van der Waals surface area (Å²) in [7, 11) is 0. The molecule has 1 fully saturated rings. The van der Waals surface area contributed by atoms with Crippen molar-refractivity contribution in [2.75, 3.05) is 18.8 Å². The molecule has 4 rings (SSSR count). The highest BCUT2D eigenvalue weighted by Crippen LogP contribution is 2.22. The molecule has 2 heterocycles. The molecule has 134 valence electrons. The number of carbonyl (C=O) groups is 1. The molecule has 1 aliphatic rings. The molecule has 0 radical (unpaired) electrons. The third-order valence-electron chi connectivity index (χ3n) is 5.10. The third kappa shape index (κ3) is 3.44. The SMILES string of the molecule is Cc1ccc2c(CN3CCC(NC(=O)c4ccc(N)cc4)C3)c[nH]c2c1. The standard InChI is InChI=1S/C21H24N4O/c1-14-2-7-19-16(11-23-20(19)10-14)12-25-9-8-18(13-25)24-21(26)15-3-5-17(22)6-4-15/h2-7,10-11,18,23H,8-9,12-13,22H2,1H3,(H,24,26). The normalized spacial score (nSPS) is 17.7. The van der Waals surface area contributed by atoms with Crippen molar-refractivity contribution in [3.63, 3.8) is 0 Å². The summed E-state index contributed by atoms with van der Waals surface area (Å²) in [6.07, 6.45) is 3.08. The minimum Gasteiger partial charge on any atom is -0.399 e. The van der Waals surface area contributed by atoms with E-state index in [0.717, 1.165) is 26.1 Å². The fourth-order valence-corrected chi connectivity index (χ4v) is 3.67. The number of nitrogens with two attached hydrogens (primary N) is 1. The van der Waals surface area contributed by atoms with Gasteiger partial charge in [-0.15, -0.1) is 0 Å². The molecule has 3 aromatic rings. The van der Waals surface area contributed by atoms with E-state index in [0.29, 0.717) is 11.3 Å². The number of nitrogen functional groups attached to an aromatic ring is 1. The second kappa shape index (κ2) is 6.84. The molecule has 1 unspecified atom stereocenters. The predicted molar refractivity (Wildman–Crippen MR) is 105 cm³/mol. The quantitative estimate of drug-likeness (QED) is 0.635. The second-order valence-electron chi connectivity index (χ2n) is 7.18. The van der Waals surface area contributed by atoms with Gasteiger partial charge in [-0.25, -0.2) is 0 Å². The van der Waals surface area contributed by atoms with Crippen LogP contribution < -0.4 is 11.1 Å². The highest BCUT2D eigenvalue weighted by molar-refractivity contribution is 5.94. The van der Waals surface area contributed by atoms with Gasteiger partial charge in [-0.2, -0.15) is 0 Å². The highest BCUT2D eigenvalue weighted by atomic mass is 16.1. The number of H-pyrrole nitrogens is 1. The largest absolute Gasteiger partial charge is 0.399 e. The molecule has 1 amide bonds. The summed E-state index contributed by atoms with van der Waals surface area (Å²) in [5, 5.41) is 4.42. The number of anilines is 1. The fourth-order valence-electron chi connectivity index (χ4n) is 3.67. The zero-order valence-electron chi connectivity index (χ0n) is 15.0. The zero-order valence-corrected chi connectivity index (χ0v) is 15.0. The molecule has 0 spiro atoms. The Bertz CT molecular complexity index is 929. The summed E-state index contributed by atoms with van der Waals surface area (Å²) >= 11 is 0. The summed E-state index contributed by atoms with van der Waals surface area (Å²) in [4.78, 5) is 18.1. The number of rotatable bonds is 4. The van der Waals surface area contributed by atoms with E-state index in [1.165, 1.54) is 22.0 Å². The van der Waals surface area contributed by atoms with Crippen LogP contribution in [0.4, 0.5) is 5.69 Å². The highest BCUT2D eigenvalue weighted by Gasteiger charge is 2.24. The fraction of sp³-hybridized carbons (Fsp3) is 0.286. The number of hydrogen-bond acceptors (Lipinski definition) is 3. The minimum atomic E-state index is -0.0283. The zero-order chi connectivity index (χ0) is 18.1. The Morgan fingerprint density at radius 3 is 2.88 bits per heavy atom. The Morgan fingerprint density at radius 2 is 2.08 bits per heavy atom. The molecule has 1 atom stereocenters. The van der Waals surface area contributed by atoms with Gasteiger partial charge in [0.15, 0.2) is 0 Å². The Labute approximate surface area is 153 Å². The van der Waals surface area contributed by atoms with Crippen LogP contribution in [0.2, 0.25) is 0 Å². The number of nitrogens with one attached hydrogen (secondary N) is 2. The van der Waals surface area contributed by atoms with E-state index in [1.807, 2.05) is 0 Å². The molecule has 0 saturated carbocycles. The van der Waals surface area contributed by atoms with Crippen molar-refractivity contribution < 1.29 is 4.79 Å². The average Bonchev–Trinajstić information content (AvgIpc) is 3.22. The molecule has 0 bridgehead atoms. The Morgan fingerprint density at radius 1 is 1.27 bits per heavy atom. The number of fused-ring (bicyclic) bond motifs is 1. The molecule has 5 nitrogen and oxygen atoms in total. The van der Waals surface area contributed by atoms with Crippen LogP contribution in [0.5, 0.6) is 0 Å². The Kier molecular flexibility index (Phi) is 4.39. The van der Waals surface area contributed by atoms with Crippen LogP contribution >= 0.6 is 0 Å². The average molecular weight is 348 g/mol. The van der Waals surface area contributed by atoms with E-state index in [1.54, 1.807) is 24.3 Å². The number of carbonyl (C=O) groups excluding carboxylic acids is 1. The van der Waals surface area contributed by atoms with Gasteiger partial charge in [0, 0.05) is 54.0 Å². The molecule has 2 aromatic carbocycles. The van der Waals surface area contributed by atoms with E-state index in [9.17, 15) is 4.79 Å². The molecule has 5 heteroatoms. The van der Waals surface area contributed by atoms with Crippen molar-refractivity contribution in [2.24, 2.45) is 0 Å². The van der Waals surface area contributed by atoms with Crippen molar-refractivity contribution in [1.82, 2.24) is 15.2 Å². The topological polar surface area (TPSA) is 74.2 Å². The lowest BCUT2D eigenvalue weighted by atomic mass is 10.1. The maximum atomic E-state index is 12.4. The van der Waals surface area contributed by atoms with Crippen LogP contribution in [0.3, 0.4) is 0 Å². The number of amides is 1. The van der Waals surface area contributed by atoms with Crippen molar-refractivity contribution in [1.29, 1.82) is 0 Å². The summed E-state index contributed by atoms with van der Waals surface area (Å²) in [6.45, 7) is 4.87. The Hall–Kier alpha value is -2.79. The lowest BCUT2D eigenvalue weighted by Gasteiger charge is -2.16. The number of hydrogen-bond donors (Lipinski definition) is 3. The van der Waals surface area contributed by atoms with Crippen LogP contribution in [0.15, 0.2) is 48.7 Å². The maximum Gasteiger partial charge on any atom is 0.251 e. The van der Waals surface area contributed by atoms with Crippen molar-refractivity contribution in [3.05, 3.63) is 65.4 Å². The summed E-state index contributed by atoms with van der Waals surface area (Å²) in [5.74, 6) is -0.0283. The smallest absolute Gasteiger partial charge is 0.251 e. The van der Waals surface area contributed by atoms with Gasteiger partial charge in [-0.05, 0) is 54.8 Å². The molecule has 4 N–H and O–H groups in total. The number of benzene rings is 2. The summed E-state index contributed by atoms with van der Waals surface area (Å²) in [5.41, 5.74) is 10.8. The first kappa shape index (κ1) is 16.7. The van der Waals surface area contributed by atoms with Crippen molar-refractivity contribution in [3.8, 4) is 0 Å². The van der Waals surface area contributed by atoms with Crippen molar-refractivity contribution >= 4 is 22.5 Å². The Balaban J connectivity index is 1.37. The van der Waals surface area contributed by atoms with Crippen LogP contribution in [0.1, 0.15) is 27.9 Å². The van der Waals surface area contributed by atoms with E-state index < -0.39 is 0 Å². The molecular weight excluding hydrogens is 324 g/mol. The van der Waals surface area contributed by atoms with Gasteiger partial charge in [-0.3, -0.25) is 9.69 Å². The third-order valence-corrected chi connectivity index (χ3v) is 5.10. The van der Waals surface area contributed by atoms with Gasteiger partial charge in [-0.1, -0.05) is 12.1 Å². The molecule has 0 aliphatic carbocycles. The van der Waals surface area contributed by atoms with E-state index in [4.69, 9.17) is 5.73 Å². The van der Waals surface area contributed by atoms with E-state index in [-0.39, 0.29) is 11.9 Å². The van der Waals surface area contributed by atoms with E-state index in [2.05, 4.69) is 46.5 Å². The van der Waals surface area contributed by atoms with Gasteiger partial charge in [0.05, 0.1) is 0 Å². The van der Waals surface area contributed by atoms with Gasteiger partial charge in [0.25, 0.3) is 5.91 Å². The number of likely N-dealkylation sites (tertiary alicyclic amines) is 1. The first-order valence-electron chi connectivity index (χ1n) is 9.04. The second-order valence-corrected chi connectivity index (χ2v) is 7.18. The van der Waals surface area contributed by atoms with E-state index >= 15 is 0 Å². The predicted octanol–water partition coefficient (Wildman–Crippen LogP) is 3.06. The number of nitrogens with zero attached hydrogens (tertiary/aromatic N) is 1. The maximum absolute atomic E-state index is 12.4. The van der Waals surface area contributed by atoms with Crippen LogP contribution in [-0.4, -0.2) is 34.9 Å². The number of aromatic amines is 1. The first-order chi connectivity index (χ1) is 12.6. The molecule has 1 aliphatic heterocycles. The monoisotopic (exact) mass is 348 g/mol. The van der Waals surface area contributed by atoms with Crippen LogP contribution in [0, 0.1) is 6.92 Å². The van der Waals surface area contributed by atoms with Gasteiger partial charge < -0.3 is 16.0 Å². The molecule has 1 saturated heterocycles. The van der Waals surface area contributed by atoms with Gasteiger partial charge in [0.1, 0.15) is 0 Å². The number of aryl methyl sites for hydroxylation is 1. The van der Waals surface area contributed by atoms with Gasteiger partial charge >= 0.3 is 0 Å². The summed E-state index contributed by atoms with van der Waals surface area (Å²) in [6, 6.07) is 13.8. The summed E-state index contributed by atoms with van der Waals surface area (Å²) < 4.78 is 0. The lowest BCUT2D eigenvalue weighted by molar-refractivity contribution is 0.0937. The van der Waals surface area contributed by atoms with Crippen LogP contribution in [-0.2, 0) is 6.54 Å². The molecule has 1 aromatic heterocycles. The minimum absolute atomic E-state index is 0.0283. The lowest BCUT2D eigenvalue weighted by Crippen LogP contribution is -2.36. The molecule has 26 heavy (non-hydrogen) atoms. The molecular formula is C21H24N4O. The van der Waals surface area contributed by atoms with Crippen molar-refractivity contribution in [2.45, 2.75) is 25.9 Å². The van der Waals surface area contributed by atoms with Crippen LogP contribution in [0.25, 0.3) is 10.9 Å². The number of aromatic nitrogens is 1. The first-order valence-corrected chi connectivity index (χ1v) is 9.04.